The van der Waals surface area contributed by atoms with E-state index in [-0.39, 0.29) is 69.5 Å². The summed E-state index contributed by atoms with van der Waals surface area (Å²) in [7, 11) is -7.86. The molecule has 85 heavy (non-hydrogen) atoms. The molecule has 6 bridgehead atoms. The van der Waals surface area contributed by atoms with Crippen LogP contribution in [-0.2, 0) is 51.3 Å². The summed E-state index contributed by atoms with van der Waals surface area (Å²) in [6.45, 7) is 53.0. The van der Waals surface area contributed by atoms with E-state index in [1.165, 1.54) is 6.92 Å². The van der Waals surface area contributed by atoms with Crippen LogP contribution in [0.2, 0.25) is 54.4 Å². The highest BCUT2D eigenvalue weighted by atomic mass is 28.4. The zero-order valence-corrected chi connectivity index (χ0v) is 59.4. The molecule has 0 spiro atoms. The van der Waals surface area contributed by atoms with Gasteiger partial charge in [0.05, 0.1) is 54.4 Å². The molecular formula is C69H116O13Si3. The molecule has 13 nitrogen and oxygen atoms in total. The minimum atomic E-state index is -2.65. The number of ketones is 1. The van der Waals surface area contributed by atoms with E-state index in [1.807, 2.05) is 31.2 Å². The number of benzene rings is 1. The Balaban J connectivity index is 1.49. The molecule has 1 N–H and O–H groups in total. The number of carbonyl (C=O) groups excluding carboxylic acids is 3. The molecule has 0 radical (unpaired) electrons. The van der Waals surface area contributed by atoms with Gasteiger partial charge in [0.25, 0.3) is 0 Å². The Bertz CT molecular complexity index is 2420. The van der Waals surface area contributed by atoms with Crippen molar-refractivity contribution >= 4 is 42.7 Å². The molecule has 0 aliphatic carbocycles. The second kappa shape index (κ2) is 29.1. The molecule has 1 aromatic rings. The Morgan fingerprint density at radius 2 is 1.26 bits per heavy atom. The molecule has 18 atom stereocenters. The summed E-state index contributed by atoms with van der Waals surface area (Å²) in [6, 6.07) is 9.10. The fourth-order valence-electron chi connectivity index (χ4n) is 12.3. The van der Waals surface area contributed by atoms with Gasteiger partial charge in [-0.3, -0.25) is 9.59 Å². The molecular weight excluding hydrogens is 1120 g/mol. The van der Waals surface area contributed by atoms with Crippen LogP contribution in [0.25, 0.3) is 0 Å². The highest BCUT2D eigenvalue weighted by molar-refractivity contribution is 6.75. The Morgan fingerprint density at radius 3 is 1.85 bits per heavy atom. The molecule has 7 rings (SSSR count). The zero-order chi connectivity index (χ0) is 63.4. The van der Waals surface area contributed by atoms with E-state index in [0.29, 0.717) is 75.7 Å². The van der Waals surface area contributed by atoms with Crippen molar-refractivity contribution in [2.75, 3.05) is 0 Å². The first-order valence-corrected chi connectivity index (χ1v) is 41.4. The third kappa shape index (κ3) is 18.7. The Kier molecular flexibility index (Phi) is 24.5. The van der Waals surface area contributed by atoms with Crippen LogP contribution in [0.1, 0.15) is 191 Å². The Morgan fingerprint density at radius 1 is 0.682 bits per heavy atom. The number of aliphatic hydroxyl groups is 1. The maximum atomic E-state index is 15.0. The topological polar surface area (TPSA) is 155 Å². The van der Waals surface area contributed by atoms with Crippen molar-refractivity contribution in [3.05, 3.63) is 72.4 Å². The molecule has 4 fully saturated rings. The number of Topliss-reactive ketones (excluding diaryl/α,β-unsaturated/α-hetero) is 1. The van der Waals surface area contributed by atoms with Crippen LogP contribution in [0, 0.1) is 23.7 Å². The first kappa shape index (κ1) is 71.5. The Hall–Kier alpha value is -2.62. The fourth-order valence-corrected chi connectivity index (χ4v) is 16.2. The molecule has 0 amide bonds. The summed E-state index contributed by atoms with van der Waals surface area (Å²) in [5.74, 6) is -0.578. The van der Waals surface area contributed by atoms with Crippen LogP contribution >= 0.6 is 0 Å². The van der Waals surface area contributed by atoms with E-state index in [4.69, 9.17) is 41.7 Å². The number of rotatable bonds is 12. The van der Waals surface area contributed by atoms with Crippen LogP contribution in [0.15, 0.2) is 66.8 Å². The quantitative estimate of drug-likeness (QED) is 0.120. The molecule has 0 saturated carbocycles. The molecule has 1 aromatic carbocycles. The molecule has 6 heterocycles. The number of aliphatic hydroxyl groups excluding tert-OH is 1. The predicted octanol–water partition coefficient (Wildman–Crippen LogP) is 15.6. The number of hydrogen-bond donors (Lipinski definition) is 1. The Labute approximate surface area is 517 Å². The lowest BCUT2D eigenvalue weighted by molar-refractivity contribution is -0.266. The van der Waals surface area contributed by atoms with Crippen molar-refractivity contribution in [3.63, 3.8) is 0 Å². The van der Waals surface area contributed by atoms with Gasteiger partial charge in [-0.1, -0.05) is 134 Å². The third-order valence-corrected chi connectivity index (χ3v) is 34.6. The monoisotopic (exact) mass is 1240 g/mol. The largest absolute Gasteiger partial charge is 0.458 e. The van der Waals surface area contributed by atoms with Gasteiger partial charge >= 0.3 is 11.9 Å². The van der Waals surface area contributed by atoms with Crippen LogP contribution in [-0.4, -0.2) is 133 Å². The number of carbonyl (C=O) groups is 3. The smallest absolute Gasteiger partial charge is 0.338 e. The average molecular weight is 1240 g/mol. The fraction of sp³-hybridized carbons (Fsp3) is 0.783. The maximum absolute atomic E-state index is 15.0. The molecule has 3 unspecified atom stereocenters. The highest BCUT2D eigenvalue weighted by Gasteiger charge is 2.58. The van der Waals surface area contributed by atoms with Gasteiger partial charge in [-0.05, 0) is 165 Å². The number of fused-ring (bicyclic) bond motifs is 15. The van der Waals surface area contributed by atoms with Gasteiger partial charge < -0.3 is 46.8 Å². The van der Waals surface area contributed by atoms with Crippen LogP contribution in [0.3, 0.4) is 0 Å². The van der Waals surface area contributed by atoms with E-state index in [0.717, 1.165) is 24.0 Å². The summed E-state index contributed by atoms with van der Waals surface area (Å²) in [5, 5.41) is 11.1. The van der Waals surface area contributed by atoms with E-state index in [2.05, 4.69) is 142 Å². The SMILES string of the molecule is C=C1CC2CCC(OC(=O)c3ccccc3)/C=C/[C@H](O[Si](C)(C)C(C)(C)C)[C@@H]3O[C@H]4CCC(CC(=O)C[C@@H]5[C@@H](C)[C@@H](C[C@H](C)CC)O[C@H]5C[C@@H](OC(C)=O)C(=C)[C@H](C)C[C@H](O)CC[C@@H]1O2)O[C@@H]4[C@H](O[Si](C)(C)C(C)(C)C)[C@@H]3O[Si](C)(C)C(C)(C)C. The van der Waals surface area contributed by atoms with E-state index >= 15 is 0 Å². The second-order valence-electron chi connectivity index (χ2n) is 31.1. The average Bonchev–Trinajstić information content (AvgIpc) is 2.02. The lowest BCUT2D eigenvalue weighted by atomic mass is 9.79. The van der Waals surface area contributed by atoms with E-state index in [9.17, 15) is 19.5 Å². The number of ether oxygens (including phenoxy) is 6. The summed E-state index contributed by atoms with van der Waals surface area (Å²) >= 11 is 0. The summed E-state index contributed by atoms with van der Waals surface area (Å²) in [5.41, 5.74) is 2.15. The minimum absolute atomic E-state index is 0.0682. The zero-order valence-electron chi connectivity index (χ0n) is 56.4. The predicted molar refractivity (Wildman–Crippen MR) is 347 cm³/mol. The summed E-state index contributed by atoms with van der Waals surface area (Å²) < 4.78 is 64.5. The van der Waals surface area contributed by atoms with Crippen LogP contribution in [0.5, 0.6) is 0 Å². The standard InChI is InChI=1S/C69H116O13Si3/c1-23-43(2)37-59-47(6)55-41-51(72)40-54-33-35-57-62(76-54)64(81-84(19,20)68(11,12)13)65(82-85(21,22)69(14,15)16)63(79-57)58(80-83(17,18)67(8,9)10)36-32-52(77-66(73)49-27-25-24-26-28-49)30-31-53-39-45(4)56(75-53)34-29-50(71)38-44(3)46(5)60(74-48(7)70)42-61(55)78-59/h24-28,32,36,43-44,47,50,52-65,71H,4-5,23,29-31,33-35,37-42H2,1-3,6-22H3/b36-32+/t43-,44-,47-,50-,52?,53?,54?,55-,56+,57+,58+,59-,60-,61+,62+,63+,64+,65-/m1/s1. The maximum Gasteiger partial charge on any atom is 0.338 e. The summed E-state index contributed by atoms with van der Waals surface area (Å²) in [6.07, 6.45) is 4.43. The molecule has 6 aliphatic heterocycles. The molecule has 16 heteroatoms. The van der Waals surface area contributed by atoms with Crippen molar-refractivity contribution < 1.29 is 61.2 Å². The first-order chi connectivity index (χ1) is 39.3. The lowest BCUT2D eigenvalue weighted by Gasteiger charge is -2.56. The second-order valence-corrected chi connectivity index (χ2v) is 45.3. The van der Waals surface area contributed by atoms with Crippen molar-refractivity contribution in [3.8, 4) is 0 Å². The van der Waals surface area contributed by atoms with E-state index in [1.54, 1.807) is 12.1 Å². The van der Waals surface area contributed by atoms with Crippen molar-refractivity contribution in [2.45, 2.75) is 320 Å². The summed E-state index contributed by atoms with van der Waals surface area (Å²) in [4.78, 5) is 42.0. The lowest BCUT2D eigenvalue weighted by Crippen LogP contribution is -2.69. The third-order valence-electron chi connectivity index (χ3n) is 21.2. The van der Waals surface area contributed by atoms with Gasteiger partial charge in [0.1, 0.15) is 42.4 Å². The minimum Gasteiger partial charge on any atom is -0.458 e. The van der Waals surface area contributed by atoms with Gasteiger partial charge in [-0.25, -0.2) is 4.79 Å². The van der Waals surface area contributed by atoms with Gasteiger partial charge in [0.15, 0.2) is 25.0 Å². The number of esters is 2. The van der Waals surface area contributed by atoms with E-state index < -0.39 is 97.9 Å². The highest BCUT2D eigenvalue weighted by Crippen LogP contribution is 2.49. The molecule has 6 aliphatic rings. The van der Waals surface area contributed by atoms with Gasteiger partial charge in [0, 0.05) is 26.2 Å². The van der Waals surface area contributed by atoms with Crippen LogP contribution < -0.4 is 0 Å². The van der Waals surface area contributed by atoms with Gasteiger partial charge in [0.2, 0.25) is 0 Å². The van der Waals surface area contributed by atoms with Crippen molar-refractivity contribution in [1.82, 2.24) is 0 Å². The normalized spacial score (nSPS) is 34.7. The van der Waals surface area contributed by atoms with Gasteiger partial charge in [-0.15, -0.1) is 0 Å². The van der Waals surface area contributed by atoms with Gasteiger partial charge in [-0.2, -0.15) is 0 Å². The first-order valence-electron chi connectivity index (χ1n) is 32.6. The van der Waals surface area contributed by atoms with Crippen LogP contribution in [0.4, 0.5) is 0 Å². The number of hydrogen-bond acceptors (Lipinski definition) is 13. The molecule has 482 valence electrons. The van der Waals surface area contributed by atoms with Crippen molar-refractivity contribution in [2.24, 2.45) is 23.7 Å². The molecule has 0 aromatic heterocycles. The molecule has 4 saturated heterocycles. The van der Waals surface area contributed by atoms with Crippen molar-refractivity contribution in [1.29, 1.82) is 0 Å².